The highest BCUT2D eigenvalue weighted by molar-refractivity contribution is 5.83. The molecule has 0 saturated carbocycles. The van der Waals surface area contributed by atoms with E-state index >= 15 is 0 Å². The fourth-order valence-corrected chi connectivity index (χ4v) is 1.20. The lowest BCUT2D eigenvalue weighted by Gasteiger charge is -2.14. The largest absolute Gasteiger partial charge is 0.391 e. The molecule has 1 aromatic heterocycles. The third-order valence-corrected chi connectivity index (χ3v) is 2.27. The van der Waals surface area contributed by atoms with Gasteiger partial charge in [-0.15, -0.1) is 0 Å². The first kappa shape index (κ1) is 14.2. The summed E-state index contributed by atoms with van der Waals surface area (Å²) in [6.45, 7) is 0.706. The molecule has 0 aliphatic heterocycles. The van der Waals surface area contributed by atoms with Gasteiger partial charge in [-0.2, -0.15) is 13.2 Å². The van der Waals surface area contributed by atoms with Gasteiger partial charge in [-0.05, 0) is 0 Å². The van der Waals surface area contributed by atoms with Crippen LogP contribution in [0.25, 0.3) is 0 Å². The van der Waals surface area contributed by atoms with Crippen LogP contribution < -0.4 is 11.1 Å². The Morgan fingerprint density at radius 1 is 1.44 bits per heavy atom. The molecule has 0 radical (unpaired) electrons. The molecular formula is C10H13F3N4O. The number of halogens is 3. The van der Waals surface area contributed by atoms with Gasteiger partial charge >= 0.3 is 6.18 Å². The number of hydrogen-bond donors (Lipinski definition) is 2. The maximum atomic E-state index is 12.2. The Bertz CT molecular complexity index is 422. The molecule has 1 rings (SSSR count). The first-order chi connectivity index (χ1) is 8.30. The molecule has 1 heterocycles. The number of nitrogens with two attached hydrogens (primary N) is 1. The topological polar surface area (TPSA) is 80.9 Å². The number of carbonyl (C=O) groups excluding carboxylic acids is 1. The quantitative estimate of drug-likeness (QED) is 0.842. The van der Waals surface area contributed by atoms with Crippen LogP contribution in [0.4, 0.5) is 24.8 Å². The summed E-state index contributed by atoms with van der Waals surface area (Å²) in [5, 5.41) is 2.55. The van der Waals surface area contributed by atoms with Gasteiger partial charge in [-0.1, -0.05) is 6.92 Å². The van der Waals surface area contributed by atoms with Crippen LogP contribution in [0.2, 0.25) is 0 Å². The zero-order chi connectivity index (χ0) is 13.8. The summed E-state index contributed by atoms with van der Waals surface area (Å²) in [5.41, 5.74) is 5.45. The number of ketones is 1. The minimum Gasteiger partial charge on any atom is -0.381 e. The van der Waals surface area contributed by atoms with Crippen LogP contribution in [0.5, 0.6) is 0 Å². The number of carbonyl (C=O) groups is 1. The van der Waals surface area contributed by atoms with Gasteiger partial charge in [0.25, 0.3) is 0 Å². The third kappa shape index (κ3) is 4.19. The number of hydrogen-bond acceptors (Lipinski definition) is 5. The number of aromatic nitrogens is 2. The summed E-state index contributed by atoms with van der Waals surface area (Å²) >= 11 is 0. The average Bonchev–Trinajstić information content (AvgIpc) is 2.26. The predicted molar refractivity (Wildman–Crippen MR) is 59.8 cm³/mol. The van der Waals surface area contributed by atoms with Crippen molar-refractivity contribution in [3.05, 3.63) is 12.4 Å². The Morgan fingerprint density at radius 3 is 2.61 bits per heavy atom. The molecule has 0 saturated heterocycles. The first-order valence-corrected chi connectivity index (χ1v) is 5.19. The van der Waals surface area contributed by atoms with Crippen molar-refractivity contribution in [3.8, 4) is 0 Å². The highest BCUT2D eigenvalue weighted by Gasteiger charge is 2.36. The van der Waals surface area contributed by atoms with Gasteiger partial charge < -0.3 is 11.1 Å². The van der Waals surface area contributed by atoms with Crippen LogP contribution in [0.3, 0.4) is 0 Å². The van der Waals surface area contributed by atoms with Gasteiger partial charge in [0.05, 0.1) is 12.5 Å². The molecule has 3 N–H and O–H groups in total. The molecule has 0 aliphatic carbocycles. The van der Waals surface area contributed by atoms with Crippen LogP contribution >= 0.6 is 0 Å². The fraction of sp³-hybridized carbons (Fsp3) is 0.500. The first-order valence-electron chi connectivity index (χ1n) is 5.19. The van der Waals surface area contributed by atoms with Crippen LogP contribution in [-0.4, -0.2) is 28.5 Å². The van der Waals surface area contributed by atoms with Crippen molar-refractivity contribution in [2.45, 2.75) is 19.5 Å². The van der Waals surface area contributed by atoms with E-state index in [1.807, 2.05) is 0 Å². The Labute approximate surface area is 102 Å². The van der Waals surface area contributed by atoms with E-state index in [1.165, 1.54) is 12.4 Å². The van der Waals surface area contributed by atoms with E-state index in [0.29, 0.717) is 0 Å². The molecule has 0 bridgehead atoms. The molecule has 18 heavy (non-hydrogen) atoms. The van der Waals surface area contributed by atoms with Gasteiger partial charge in [0.2, 0.25) is 0 Å². The van der Waals surface area contributed by atoms with Gasteiger partial charge in [0.15, 0.2) is 17.4 Å². The van der Waals surface area contributed by atoms with Gasteiger partial charge in [0, 0.05) is 18.8 Å². The van der Waals surface area contributed by atoms with Crippen LogP contribution in [0.1, 0.15) is 13.3 Å². The Kier molecular flexibility index (Phi) is 4.46. The second-order valence-electron chi connectivity index (χ2n) is 3.83. The van der Waals surface area contributed by atoms with Gasteiger partial charge in [-0.25, -0.2) is 9.97 Å². The van der Waals surface area contributed by atoms with Crippen molar-refractivity contribution >= 4 is 17.4 Å². The maximum Gasteiger partial charge on any atom is 0.391 e. The minimum absolute atomic E-state index is 0.0918. The lowest BCUT2D eigenvalue weighted by molar-refractivity contribution is -0.173. The lowest BCUT2D eigenvalue weighted by atomic mass is 10.0. The van der Waals surface area contributed by atoms with Crippen molar-refractivity contribution in [2.75, 3.05) is 17.6 Å². The summed E-state index contributed by atoms with van der Waals surface area (Å²) in [7, 11) is 0. The van der Waals surface area contributed by atoms with Crippen LogP contribution in [0, 0.1) is 5.92 Å². The molecule has 0 spiro atoms. The molecule has 1 unspecified atom stereocenters. The summed E-state index contributed by atoms with van der Waals surface area (Å²) in [6.07, 6.45) is -2.20. The third-order valence-electron chi connectivity index (χ3n) is 2.27. The SMILES string of the molecule is CC(CC(=O)CNc1nccnc1N)C(F)(F)F. The Hall–Kier alpha value is -1.86. The van der Waals surface area contributed by atoms with Crippen molar-refractivity contribution in [2.24, 2.45) is 5.92 Å². The predicted octanol–water partition coefficient (Wildman–Crippen LogP) is 1.63. The van der Waals surface area contributed by atoms with E-state index in [4.69, 9.17) is 5.73 Å². The van der Waals surface area contributed by atoms with Crippen LogP contribution in [-0.2, 0) is 4.79 Å². The monoisotopic (exact) mass is 262 g/mol. The van der Waals surface area contributed by atoms with E-state index in [-0.39, 0.29) is 18.2 Å². The summed E-state index contributed by atoms with van der Waals surface area (Å²) in [5.74, 6) is -1.95. The maximum absolute atomic E-state index is 12.2. The molecule has 0 aromatic carbocycles. The zero-order valence-corrected chi connectivity index (χ0v) is 9.66. The molecule has 8 heteroatoms. The second kappa shape index (κ2) is 5.65. The molecule has 1 atom stereocenters. The molecule has 0 amide bonds. The van der Waals surface area contributed by atoms with E-state index < -0.39 is 24.3 Å². The normalized spacial score (nSPS) is 13.1. The molecule has 1 aromatic rings. The average molecular weight is 262 g/mol. The molecule has 0 fully saturated rings. The van der Waals surface area contributed by atoms with Crippen LogP contribution in [0.15, 0.2) is 12.4 Å². The highest BCUT2D eigenvalue weighted by atomic mass is 19.4. The molecular weight excluding hydrogens is 249 g/mol. The van der Waals surface area contributed by atoms with E-state index in [1.54, 1.807) is 0 Å². The summed E-state index contributed by atoms with van der Waals surface area (Å²) in [6, 6.07) is 0. The fourth-order valence-electron chi connectivity index (χ4n) is 1.20. The number of Topliss-reactive ketones (excluding diaryl/α,β-unsaturated/α-hetero) is 1. The molecule has 100 valence electrons. The van der Waals surface area contributed by atoms with E-state index in [0.717, 1.165) is 6.92 Å². The zero-order valence-electron chi connectivity index (χ0n) is 9.66. The number of nitrogens with zero attached hydrogens (tertiary/aromatic N) is 2. The van der Waals surface area contributed by atoms with Crippen molar-refractivity contribution < 1.29 is 18.0 Å². The van der Waals surface area contributed by atoms with Crippen molar-refractivity contribution in [3.63, 3.8) is 0 Å². The second-order valence-corrected chi connectivity index (χ2v) is 3.83. The number of rotatable bonds is 5. The lowest BCUT2D eigenvalue weighted by Crippen LogP contribution is -2.25. The molecule has 5 nitrogen and oxygen atoms in total. The van der Waals surface area contributed by atoms with Gasteiger partial charge in [-0.3, -0.25) is 4.79 Å². The van der Waals surface area contributed by atoms with Crippen molar-refractivity contribution in [1.82, 2.24) is 9.97 Å². The number of nitrogen functional groups attached to an aromatic ring is 1. The Morgan fingerprint density at radius 2 is 2.06 bits per heavy atom. The van der Waals surface area contributed by atoms with E-state index in [9.17, 15) is 18.0 Å². The number of alkyl halides is 3. The summed E-state index contributed by atoms with van der Waals surface area (Å²) < 4.78 is 36.7. The number of anilines is 2. The number of nitrogens with one attached hydrogen (secondary N) is 1. The Balaban J connectivity index is 2.45. The van der Waals surface area contributed by atoms with Crippen molar-refractivity contribution in [1.29, 1.82) is 0 Å². The standard InChI is InChI=1S/C10H13F3N4O/c1-6(10(11,12)13)4-7(18)5-17-9-8(14)15-2-3-16-9/h2-3,6H,4-5H2,1H3,(H2,14,15)(H,16,17). The minimum atomic E-state index is -4.36. The smallest absolute Gasteiger partial charge is 0.381 e. The highest BCUT2D eigenvalue weighted by Crippen LogP contribution is 2.28. The molecule has 0 aliphatic rings. The summed E-state index contributed by atoms with van der Waals surface area (Å²) in [4.78, 5) is 18.9. The van der Waals surface area contributed by atoms with E-state index in [2.05, 4.69) is 15.3 Å². The van der Waals surface area contributed by atoms with Gasteiger partial charge in [0.1, 0.15) is 0 Å².